The molecular weight excluding hydrogens is 470 g/mol. The molecule has 10 nitrogen and oxygen atoms in total. The van der Waals surface area contributed by atoms with Gasteiger partial charge in [0.05, 0.1) is 25.1 Å². The van der Waals surface area contributed by atoms with Crippen LogP contribution in [-0.4, -0.2) is 38.0 Å². The Balaban J connectivity index is 1.45. The molecule has 0 bridgehead atoms. The maximum atomic E-state index is 11.7. The van der Waals surface area contributed by atoms with E-state index in [1.54, 1.807) is 36.5 Å². The number of aromatic nitrogens is 5. The fourth-order valence-electron chi connectivity index (χ4n) is 3.86. The molecule has 182 valence electrons. The van der Waals surface area contributed by atoms with E-state index in [9.17, 15) is 4.79 Å². The lowest BCUT2D eigenvalue weighted by Gasteiger charge is -2.14. The minimum absolute atomic E-state index is 0.247. The van der Waals surface area contributed by atoms with Crippen molar-refractivity contribution in [2.24, 2.45) is 0 Å². The molecule has 5 aromatic rings. The summed E-state index contributed by atoms with van der Waals surface area (Å²) in [6.45, 7) is 3.89. The average Bonchev–Trinajstić information content (AvgIpc) is 3.39. The van der Waals surface area contributed by atoms with Gasteiger partial charge in [0.1, 0.15) is 11.4 Å². The number of fused-ring (bicyclic) bond motifs is 1. The molecule has 0 saturated carbocycles. The number of carbonyl (C=O) groups is 1. The molecule has 0 fully saturated rings. The largest absolute Gasteiger partial charge is 0.464 e. The number of H-pyrrole nitrogens is 1. The molecule has 0 aliphatic heterocycles. The van der Waals surface area contributed by atoms with Crippen LogP contribution in [0.4, 0.5) is 11.6 Å². The number of hydrogen-bond donors (Lipinski definition) is 2. The number of nitrogens with one attached hydrogen (secondary N) is 2. The van der Waals surface area contributed by atoms with E-state index in [-0.39, 0.29) is 5.69 Å². The number of nitriles is 1. The van der Waals surface area contributed by atoms with E-state index in [0.717, 1.165) is 27.9 Å². The van der Waals surface area contributed by atoms with Crippen molar-refractivity contribution in [2.45, 2.75) is 13.8 Å². The minimum atomic E-state index is -0.481. The third-order valence-electron chi connectivity index (χ3n) is 5.67. The summed E-state index contributed by atoms with van der Waals surface area (Å²) < 4.78 is 11.0. The van der Waals surface area contributed by atoms with Gasteiger partial charge in [-0.25, -0.2) is 14.8 Å². The van der Waals surface area contributed by atoms with Crippen molar-refractivity contribution in [3.63, 3.8) is 0 Å². The first kappa shape index (κ1) is 23.4. The Morgan fingerprint density at radius 2 is 1.76 bits per heavy atom. The number of pyridine rings is 1. The van der Waals surface area contributed by atoms with Crippen molar-refractivity contribution in [1.29, 1.82) is 5.26 Å². The first-order valence-electron chi connectivity index (χ1n) is 11.3. The summed E-state index contributed by atoms with van der Waals surface area (Å²) in [7, 11) is 1.32. The zero-order chi connectivity index (χ0) is 25.9. The second-order valence-corrected chi connectivity index (χ2v) is 8.23. The smallest absolute Gasteiger partial charge is 0.356 e. The second-order valence-electron chi connectivity index (χ2n) is 8.23. The van der Waals surface area contributed by atoms with Gasteiger partial charge in [-0.05, 0) is 73.0 Å². The van der Waals surface area contributed by atoms with E-state index in [1.165, 1.54) is 13.4 Å². The predicted octanol–water partition coefficient (Wildman–Crippen LogP) is 5.23. The summed E-state index contributed by atoms with van der Waals surface area (Å²) in [5.41, 5.74) is 6.11. The van der Waals surface area contributed by atoms with Gasteiger partial charge in [-0.1, -0.05) is 6.07 Å². The van der Waals surface area contributed by atoms with Crippen LogP contribution in [0.1, 0.15) is 27.2 Å². The molecule has 2 N–H and O–H groups in total. The number of rotatable bonds is 6. The van der Waals surface area contributed by atoms with Crippen LogP contribution in [0.5, 0.6) is 11.6 Å². The number of anilines is 2. The molecule has 0 atom stereocenters. The molecule has 0 saturated heterocycles. The molecule has 0 unspecified atom stereocenters. The van der Waals surface area contributed by atoms with E-state index in [1.807, 2.05) is 32.0 Å². The molecule has 3 aromatic heterocycles. The summed E-state index contributed by atoms with van der Waals surface area (Å²) in [6, 6.07) is 16.5. The van der Waals surface area contributed by atoms with Crippen LogP contribution in [0.25, 0.3) is 22.3 Å². The Bertz CT molecular complexity index is 1630. The van der Waals surface area contributed by atoms with Gasteiger partial charge in [0.25, 0.3) is 5.88 Å². The van der Waals surface area contributed by atoms with E-state index in [2.05, 4.69) is 36.3 Å². The van der Waals surface area contributed by atoms with E-state index < -0.39 is 5.97 Å². The zero-order valence-electron chi connectivity index (χ0n) is 20.2. The molecular formula is C27H21N7O3. The summed E-state index contributed by atoms with van der Waals surface area (Å²) in [5.74, 6) is 0.783. The molecule has 0 aliphatic rings. The van der Waals surface area contributed by atoms with Crippen molar-refractivity contribution in [3.8, 4) is 28.8 Å². The minimum Gasteiger partial charge on any atom is -0.464 e. The van der Waals surface area contributed by atoms with Crippen LogP contribution < -0.4 is 10.1 Å². The number of carbonyl (C=O) groups excluding carboxylic acids is 1. The Morgan fingerprint density at radius 3 is 2.41 bits per heavy atom. The summed E-state index contributed by atoms with van der Waals surface area (Å²) in [4.78, 5) is 32.2. The molecule has 3 heterocycles. The van der Waals surface area contributed by atoms with Crippen molar-refractivity contribution < 1.29 is 14.3 Å². The standard InChI is InChI=1S/C27H21N7O3/c1-15-10-19(18-6-9-21(29-13-18)26(35)36-3)11-16(2)23(15)37-25-22-24(31-14-30-22)33-27(34-25)32-20-7-4-17(12-28)5-8-20/h4-11,13-14H,1-3H3,(H2,30,31,32,33,34). The first-order valence-corrected chi connectivity index (χ1v) is 11.3. The lowest BCUT2D eigenvalue weighted by Crippen LogP contribution is -2.03. The van der Waals surface area contributed by atoms with Gasteiger partial charge in [0.2, 0.25) is 5.95 Å². The maximum Gasteiger partial charge on any atom is 0.356 e. The third kappa shape index (κ3) is 4.78. The molecule has 0 aliphatic carbocycles. The van der Waals surface area contributed by atoms with Crippen molar-refractivity contribution in [3.05, 3.63) is 83.4 Å². The summed E-state index contributed by atoms with van der Waals surface area (Å²) >= 11 is 0. The summed E-state index contributed by atoms with van der Waals surface area (Å²) in [5, 5.41) is 12.2. The van der Waals surface area contributed by atoms with E-state index >= 15 is 0 Å². The van der Waals surface area contributed by atoms with Crippen molar-refractivity contribution >= 4 is 28.8 Å². The lowest BCUT2D eigenvalue weighted by atomic mass is 10.0. The number of aryl methyl sites for hydroxylation is 2. The van der Waals surface area contributed by atoms with Gasteiger partial charge in [-0.15, -0.1) is 0 Å². The highest BCUT2D eigenvalue weighted by atomic mass is 16.5. The highest BCUT2D eigenvalue weighted by molar-refractivity contribution is 5.87. The normalized spacial score (nSPS) is 10.6. The van der Waals surface area contributed by atoms with E-state index in [0.29, 0.717) is 34.3 Å². The number of esters is 1. The van der Waals surface area contributed by atoms with Gasteiger partial charge in [0.15, 0.2) is 11.2 Å². The topological polar surface area (TPSA) is 139 Å². The van der Waals surface area contributed by atoms with Crippen LogP contribution in [0.15, 0.2) is 61.1 Å². The monoisotopic (exact) mass is 491 g/mol. The van der Waals surface area contributed by atoms with Gasteiger partial charge in [0, 0.05) is 17.4 Å². The zero-order valence-corrected chi connectivity index (χ0v) is 20.2. The second kappa shape index (κ2) is 9.75. The maximum absolute atomic E-state index is 11.7. The van der Waals surface area contributed by atoms with Gasteiger partial charge < -0.3 is 19.8 Å². The number of ether oxygens (including phenoxy) is 2. The highest BCUT2D eigenvalue weighted by Gasteiger charge is 2.16. The van der Waals surface area contributed by atoms with Gasteiger partial charge in [-0.3, -0.25) is 0 Å². The van der Waals surface area contributed by atoms with Gasteiger partial charge in [-0.2, -0.15) is 15.2 Å². The lowest BCUT2D eigenvalue weighted by molar-refractivity contribution is 0.0594. The quantitative estimate of drug-likeness (QED) is 0.306. The van der Waals surface area contributed by atoms with Crippen LogP contribution in [0.3, 0.4) is 0 Å². The Kier molecular flexibility index (Phi) is 6.18. The molecule has 37 heavy (non-hydrogen) atoms. The number of imidazole rings is 1. The van der Waals surface area contributed by atoms with Crippen molar-refractivity contribution in [2.75, 3.05) is 12.4 Å². The van der Waals surface area contributed by atoms with Gasteiger partial charge >= 0.3 is 5.97 Å². The highest BCUT2D eigenvalue weighted by Crippen LogP contribution is 2.35. The average molecular weight is 492 g/mol. The SMILES string of the molecule is COC(=O)c1ccc(-c2cc(C)c(Oc3nc(Nc4ccc(C#N)cc4)nc4[nH]cnc34)c(C)c2)cn1. The first-order chi connectivity index (χ1) is 17.9. The number of nitrogens with zero attached hydrogens (tertiary/aromatic N) is 5. The summed E-state index contributed by atoms with van der Waals surface area (Å²) in [6.07, 6.45) is 3.17. The molecule has 2 aromatic carbocycles. The fraction of sp³-hybridized carbons (Fsp3) is 0.111. The third-order valence-corrected chi connectivity index (χ3v) is 5.67. The number of methoxy groups -OCH3 is 1. The fourth-order valence-corrected chi connectivity index (χ4v) is 3.86. The predicted molar refractivity (Wildman–Crippen MR) is 137 cm³/mol. The Hall–Kier alpha value is -5.30. The van der Waals surface area contributed by atoms with E-state index in [4.69, 9.17) is 14.7 Å². The Morgan fingerprint density at radius 1 is 1.00 bits per heavy atom. The van der Waals surface area contributed by atoms with Crippen molar-refractivity contribution in [1.82, 2.24) is 24.9 Å². The number of aromatic amines is 1. The van der Waals surface area contributed by atoms with Crippen LogP contribution in [0.2, 0.25) is 0 Å². The van der Waals surface area contributed by atoms with Crippen LogP contribution in [0, 0.1) is 25.2 Å². The number of benzene rings is 2. The molecule has 0 amide bonds. The van der Waals surface area contributed by atoms with Crippen LogP contribution in [-0.2, 0) is 4.74 Å². The molecule has 0 radical (unpaired) electrons. The Labute approximate surface area is 212 Å². The molecule has 5 rings (SSSR count). The number of hydrogen-bond acceptors (Lipinski definition) is 9. The molecule has 0 spiro atoms. The van der Waals surface area contributed by atoms with Crippen LogP contribution >= 0.6 is 0 Å². The molecule has 10 heteroatoms.